The first-order valence-corrected chi connectivity index (χ1v) is 6.59. The smallest absolute Gasteiger partial charge is 0.258 e. The second-order valence-electron chi connectivity index (χ2n) is 3.94. The zero-order chi connectivity index (χ0) is 14.3. The van der Waals surface area contributed by atoms with Crippen LogP contribution in [0.15, 0.2) is 30.6 Å². The fraction of sp³-hybridized carbons (Fsp3) is 0. The van der Waals surface area contributed by atoms with Crippen LogP contribution < -0.4 is 0 Å². The molecule has 3 aromatic rings. The fourth-order valence-electron chi connectivity index (χ4n) is 1.79. The van der Waals surface area contributed by atoms with Crippen molar-refractivity contribution in [3.63, 3.8) is 0 Å². The van der Waals surface area contributed by atoms with E-state index >= 15 is 0 Å². The minimum Gasteiger partial charge on any atom is -0.258 e. The predicted molar refractivity (Wildman–Crippen MR) is 74.5 cm³/mol. The number of benzene rings is 1. The molecule has 3 rings (SSSR count). The van der Waals surface area contributed by atoms with Crippen LogP contribution in [-0.2, 0) is 0 Å². The SMILES string of the molecule is O=[N+]([O-])c1cc(F)cc(-c2cc3ncnc(Cl)c3s2)c1. The molecular formula is C12H5ClFN3O2S. The second kappa shape index (κ2) is 4.77. The van der Waals surface area contributed by atoms with Crippen molar-refractivity contribution >= 4 is 38.8 Å². The summed E-state index contributed by atoms with van der Waals surface area (Å²) in [6, 6.07) is 5.13. The summed E-state index contributed by atoms with van der Waals surface area (Å²) >= 11 is 7.21. The van der Waals surface area contributed by atoms with Crippen molar-refractivity contribution in [2.75, 3.05) is 0 Å². The number of fused-ring (bicyclic) bond motifs is 1. The summed E-state index contributed by atoms with van der Waals surface area (Å²) < 4.78 is 14.1. The van der Waals surface area contributed by atoms with Gasteiger partial charge in [-0.1, -0.05) is 11.6 Å². The average Bonchev–Trinajstić information content (AvgIpc) is 2.83. The summed E-state index contributed by atoms with van der Waals surface area (Å²) in [6.07, 6.45) is 1.33. The van der Waals surface area contributed by atoms with Gasteiger partial charge in [-0.2, -0.15) is 0 Å². The first-order valence-electron chi connectivity index (χ1n) is 5.40. The number of rotatable bonds is 2. The number of aromatic nitrogens is 2. The Morgan fingerprint density at radius 1 is 1.25 bits per heavy atom. The molecule has 0 aliphatic carbocycles. The van der Waals surface area contributed by atoms with E-state index in [1.54, 1.807) is 6.07 Å². The maximum atomic E-state index is 13.5. The van der Waals surface area contributed by atoms with E-state index < -0.39 is 10.7 Å². The Morgan fingerprint density at radius 3 is 2.75 bits per heavy atom. The molecule has 8 heteroatoms. The van der Waals surface area contributed by atoms with E-state index in [1.165, 1.54) is 29.8 Å². The van der Waals surface area contributed by atoms with E-state index in [4.69, 9.17) is 11.6 Å². The molecule has 0 saturated heterocycles. The van der Waals surface area contributed by atoms with Gasteiger partial charge in [-0.05, 0) is 12.1 Å². The van der Waals surface area contributed by atoms with E-state index in [0.29, 0.717) is 25.8 Å². The number of non-ortho nitro benzene ring substituents is 1. The van der Waals surface area contributed by atoms with Gasteiger partial charge in [0.1, 0.15) is 17.3 Å². The van der Waals surface area contributed by atoms with Crippen LogP contribution in [0.4, 0.5) is 10.1 Å². The summed E-state index contributed by atoms with van der Waals surface area (Å²) in [7, 11) is 0. The number of nitro groups is 1. The first-order chi connectivity index (χ1) is 9.54. The molecule has 0 aliphatic heterocycles. The van der Waals surface area contributed by atoms with Crippen LogP contribution in [0.1, 0.15) is 0 Å². The molecule has 2 aromatic heterocycles. The van der Waals surface area contributed by atoms with Crippen LogP contribution in [-0.4, -0.2) is 14.9 Å². The third-order valence-corrected chi connectivity index (χ3v) is 4.22. The summed E-state index contributed by atoms with van der Waals surface area (Å²) in [6.45, 7) is 0. The molecule has 0 fully saturated rings. The Morgan fingerprint density at radius 2 is 2.05 bits per heavy atom. The maximum absolute atomic E-state index is 13.5. The lowest BCUT2D eigenvalue weighted by molar-refractivity contribution is -0.385. The molecule has 0 bridgehead atoms. The fourth-order valence-corrected chi connectivity index (χ4v) is 3.03. The van der Waals surface area contributed by atoms with E-state index in [2.05, 4.69) is 9.97 Å². The van der Waals surface area contributed by atoms with Gasteiger partial charge in [0.25, 0.3) is 5.69 Å². The van der Waals surface area contributed by atoms with Gasteiger partial charge in [0.15, 0.2) is 0 Å². The van der Waals surface area contributed by atoms with Gasteiger partial charge in [0.05, 0.1) is 21.2 Å². The Labute approximate surface area is 120 Å². The zero-order valence-electron chi connectivity index (χ0n) is 9.71. The topological polar surface area (TPSA) is 68.9 Å². The minimum atomic E-state index is -0.663. The standard InChI is InChI=1S/C12H5ClFN3O2S/c13-12-11-9(15-5-16-12)4-10(20-11)6-1-7(14)3-8(2-6)17(18)19/h1-5H. The van der Waals surface area contributed by atoms with E-state index in [9.17, 15) is 14.5 Å². The number of hydrogen-bond donors (Lipinski definition) is 0. The molecule has 0 spiro atoms. The zero-order valence-corrected chi connectivity index (χ0v) is 11.3. The van der Waals surface area contributed by atoms with Gasteiger partial charge in [-0.15, -0.1) is 11.3 Å². The Kier molecular flexibility index (Phi) is 3.07. The van der Waals surface area contributed by atoms with E-state index in [-0.39, 0.29) is 5.69 Å². The van der Waals surface area contributed by atoms with Crippen molar-refractivity contribution in [2.24, 2.45) is 0 Å². The lowest BCUT2D eigenvalue weighted by Gasteiger charge is -1.98. The summed E-state index contributed by atoms with van der Waals surface area (Å²) in [5.41, 5.74) is 0.738. The number of halogens is 2. The van der Waals surface area contributed by atoms with Crippen molar-refractivity contribution < 1.29 is 9.31 Å². The quantitative estimate of drug-likeness (QED) is 0.406. The molecule has 0 radical (unpaired) electrons. The Hall–Kier alpha value is -2.12. The van der Waals surface area contributed by atoms with Gasteiger partial charge < -0.3 is 0 Å². The highest BCUT2D eigenvalue weighted by Gasteiger charge is 2.14. The molecule has 0 atom stereocenters. The minimum absolute atomic E-state index is 0.297. The van der Waals surface area contributed by atoms with Crippen LogP contribution >= 0.6 is 22.9 Å². The highest BCUT2D eigenvalue weighted by atomic mass is 35.5. The second-order valence-corrected chi connectivity index (χ2v) is 5.35. The highest BCUT2D eigenvalue weighted by Crippen LogP contribution is 2.36. The van der Waals surface area contributed by atoms with Crippen LogP contribution in [0.2, 0.25) is 5.15 Å². The molecule has 2 heterocycles. The predicted octanol–water partition coefficient (Wildman–Crippen LogP) is 4.06. The van der Waals surface area contributed by atoms with Gasteiger partial charge in [0.2, 0.25) is 0 Å². The highest BCUT2D eigenvalue weighted by molar-refractivity contribution is 7.22. The lowest BCUT2D eigenvalue weighted by Crippen LogP contribution is -1.89. The first kappa shape index (κ1) is 12.9. The summed E-state index contributed by atoms with van der Waals surface area (Å²) in [5, 5.41) is 11.1. The number of hydrogen-bond acceptors (Lipinski definition) is 5. The van der Waals surface area contributed by atoms with Gasteiger partial charge in [0, 0.05) is 16.5 Å². The van der Waals surface area contributed by atoms with Crippen molar-refractivity contribution in [3.05, 3.63) is 51.7 Å². The van der Waals surface area contributed by atoms with Crippen LogP contribution in [0, 0.1) is 15.9 Å². The average molecular weight is 310 g/mol. The largest absolute Gasteiger partial charge is 0.273 e. The molecule has 1 aromatic carbocycles. The van der Waals surface area contributed by atoms with Gasteiger partial charge in [-0.3, -0.25) is 10.1 Å². The van der Waals surface area contributed by atoms with Crippen LogP contribution in [0.5, 0.6) is 0 Å². The Balaban J connectivity index is 2.20. The third-order valence-electron chi connectivity index (χ3n) is 2.65. The van der Waals surface area contributed by atoms with E-state index in [0.717, 1.165) is 6.07 Å². The number of thiophene rings is 1. The maximum Gasteiger partial charge on any atom is 0.273 e. The normalized spacial score (nSPS) is 10.9. The van der Waals surface area contributed by atoms with Crippen LogP contribution in [0.3, 0.4) is 0 Å². The molecule has 0 amide bonds. The van der Waals surface area contributed by atoms with Crippen LogP contribution in [0.25, 0.3) is 20.7 Å². The molecule has 0 unspecified atom stereocenters. The molecule has 5 nitrogen and oxygen atoms in total. The van der Waals surface area contributed by atoms with Gasteiger partial charge >= 0.3 is 0 Å². The number of nitrogens with zero attached hydrogens (tertiary/aromatic N) is 3. The van der Waals surface area contributed by atoms with Crippen molar-refractivity contribution in [1.82, 2.24) is 9.97 Å². The summed E-state index contributed by atoms with van der Waals surface area (Å²) in [5.74, 6) is -0.663. The van der Waals surface area contributed by atoms with E-state index in [1.807, 2.05) is 0 Å². The van der Waals surface area contributed by atoms with Crippen molar-refractivity contribution in [3.8, 4) is 10.4 Å². The molecule has 0 aliphatic rings. The number of nitro benzene ring substituents is 1. The molecule has 0 N–H and O–H groups in total. The monoisotopic (exact) mass is 309 g/mol. The van der Waals surface area contributed by atoms with Crippen molar-refractivity contribution in [2.45, 2.75) is 0 Å². The van der Waals surface area contributed by atoms with Crippen molar-refractivity contribution in [1.29, 1.82) is 0 Å². The lowest BCUT2D eigenvalue weighted by atomic mass is 10.1. The third kappa shape index (κ3) is 2.21. The van der Waals surface area contributed by atoms with Gasteiger partial charge in [-0.25, -0.2) is 14.4 Å². The molecular weight excluding hydrogens is 305 g/mol. The Bertz CT molecular complexity index is 837. The molecule has 0 saturated carbocycles. The summed E-state index contributed by atoms with van der Waals surface area (Å²) in [4.78, 5) is 18.7. The molecule has 100 valence electrons. The molecule has 20 heavy (non-hydrogen) atoms.